The minimum atomic E-state index is 0.0600. The van der Waals surface area contributed by atoms with Gasteiger partial charge in [-0.25, -0.2) is 0 Å². The van der Waals surface area contributed by atoms with Crippen LogP contribution in [0.1, 0.15) is 17.3 Å². The molecule has 0 atom stereocenters. The van der Waals surface area contributed by atoms with Crippen LogP contribution in [-0.4, -0.2) is 12.5 Å². The number of ether oxygens (including phenoxy) is 1. The largest absolute Gasteiger partial charge is 0.471 e. The van der Waals surface area contributed by atoms with Gasteiger partial charge in [0.2, 0.25) is 0 Å². The van der Waals surface area contributed by atoms with Crippen molar-refractivity contribution in [3.05, 3.63) is 23.8 Å². The van der Waals surface area contributed by atoms with Crippen molar-refractivity contribution < 1.29 is 9.53 Å². The van der Waals surface area contributed by atoms with Crippen molar-refractivity contribution in [1.29, 1.82) is 0 Å². The van der Waals surface area contributed by atoms with Crippen LogP contribution in [0.4, 0.5) is 5.69 Å². The van der Waals surface area contributed by atoms with Gasteiger partial charge < -0.3 is 10.1 Å². The highest BCUT2D eigenvalue weighted by Gasteiger charge is 2.16. The summed E-state index contributed by atoms with van der Waals surface area (Å²) in [6.45, 7) is 2.01. The lowest BCUT2D eigenvalue weighted by atomic mass is 10.1. The van der Waals surface area contributed by atoms with Crippen LogP contribution in [0.15, 0.2) is 18.2 Å². The minimum Gasteiger partial charge on any atom is -0.471 e. The van der Waals surface area contributed by atoms with Gasteiger partial charge in [-0.15, -0.1) is 0 Å². The molecular weight excluding hydrogens is 154 g/mol. The van der Waals surface area contributed by atoms with E-state index in [0.717, 1.165) is 11.4 Å². The standard InChI is InChI=1S/C9H9NO2/c1-6(11)7-3-2-4-8-9(7)10-5-12-8/h2-4,10H,5H2,1H3. The number of Topliss-reactive ketones (excluding diaryl/α,β-unsaturated/α-hetero) is 1. The smallest absolute Gasteiger partial charge is 0.162 e. The molecule has 2 rings (SSSR count). The first-order chi connectivity index (χ1) is 5.79. The molecule has 0 aliphatic carbocycles. The predicted molar refractivity (Wildman–Crippen MR) is 45.6 cm³/mol. The Hall–Kier alpha value is -1.51. The summed E-state index contributed by atoms with van der Waals surface area (Å²) in [4.78, 5) is 11.1. The van der Waals surface area contributed by atoms with Crippen LogP contribution in [0.5, 0.6) is 5.75 Å². The number of carbonyl (C=O) groups is 1. The molecule has 0 saturated heterocycles. The first-order valence-electron chi connectivity index (χ1n) is 3.79. The second kappa shape index (κ2) is 2.52. The van der Waals surface area contributed by atoms with Crippen molar-refractivity contribution in [3.8, 4) is 5.75 Å². The van der Waals surface area contributed by atoms with Gasteiger partial charge in [-0.3, -0.25) is 4.79 Å². The van der Waals surface area contributed by atoms with E-state index in [0.29, 0.717) is 12.3 Å². The molecule has 1 aromatic carbocycles. The Labute approximate surface area is 70.3 Å². The maximum Gasteiger partial charge on any atom is 0.162 e. The van der Waals surface area contributed by atoms with Crippen LogP contribution in [0.25, 0.3) is 0 Å². The Morgan fingerprint density at radius 1 is 1.58 bits per heavy atom. The molecule has 1 aliphatic rings. The normalized spacial score (nSPS) is 13.1. The Balaban J connectivity index is 2.56. The lowest BCUT2D eigenvalue weighted by molar-refractivity contribution is 0.101. The molecule has 0 fully saturated rings. The molecule has 62 valence electrons. The number of nitrogens with one attached hydrogen (secondary N) is 1. The summed E-state index contributed by atoms with van der Waals surface area (Å²) >= 11 is 0. The first kappa shape index (κ1) is 7.16. The summed E-state index contributed by atoms with van der Waals surface area (Å²) in [5.74, 6) is 0.826. The molecule has 1 heterocycles. The summed E-state index contributed by atoms with van der Waals surface area (Å²) in [6.07, 6.45) is 0. The molecule has 1 aliphatic heterocycles. The van der Waals surface area contributed by atoms with Gasteiger partial charge in [0.1, 0.15) is 5.75 Å². The Kier molecular flexibility index (Phi) is 1.50. The van der Waals surface area contributed by atoms with E-state index in [-0.39, 0.29) is 5.78 Å². The van der Waals surface area contributed by atoms with Gasteiger partial charge >= 0.3 is 0 Å². The van der Waals surface area contributed by atoms with E-state index in [4.69, 9.17) is 4.74 Å². The van der Waals surface area contributed by atoms with Crippen LogP contribution in [-0.2, 0) is 0 Å². The van der Waals surface area contributed by atoms with E-state index < -0.39 is 0 Å². The van der Waals surface area contributed by atoms with Crippen molar-refractivity contribution in [2.75, 3.05) is 12.0 Å². The summed E-state index contributed by atoms with van der Waals surface area (Å²) in [7, 11) is 0. The number of hydrogen-bond acceptors (Lipinski definition) is 3. The van der Waals surface area contributed by atoms with Crippen molar-refractivity contribution in [3.63, 3.8) is 0 Å². The topological polar surface area (TPSA) is 38.3 Å². The Bertz CT molecular complexity index is 333. The van der Waals surface area contributed by atoms with Gasteiger partial charge in [-0.05, 0) is 19.1 Å². The van der Waals surface area contributed by atoms with Gasteiger partial charge in [0.05, 0.1) is 5.69 Å². The predicted octanol–water partition coefficient (Wildman–Crippen LogP) is 1.65. The fourth-order valence-electron chi connectivity index (χ4n) is 1.31. The van der Waals surface area contributed by atoms with E-state index in [9.17, 15) is 4.79 Å². The molecule has 0 unspecified atom stereocenters. The second-order valence-electron chi connectivity index (χ2n) is 2.70. The minimum absolute atomic E-state index is 0.0600. The van der Waals surface area contributed by atoms with Crippen LogP contribution in [0.3, 0.4) is 0 Å². The summed E-state index contributed by atoms with van der Waals surface area (Å²) in [6, 6.07) is 5.47. The van der Waals surface area contributed by atoms with Crippen LogP contribution < -0.4 is 10.1 Å². The van der Waals surface area contributed by atoms with E-state index in [1.165, 1.54) is 0 Å². The number of fused-ring (bicyclic) bond motifs is 1. The molecule has 0 amide bonds. The molecule has 0 radical (unpaired) electrons. The van der Waals surface area contributed by atoms with Crippen LogP contribution in [0.2, 0.25) is 0 Å². The summed E-state index contributed by atoms with van der Waals surface area (Å²) in [5.41, 5.74) is 1.52. The highest BCUT2D eigenvalue weighted by molar-refractivity contribution is 6.01. The zero-order valence-corrected chi connectivity index (χ0v) is 6.76. The number of hydrogen-bond donors (Lipinski definition) is 1. The number of benzene rings is 1. The summed E-state index contributed by atoms with van der Waals surface area (Å²) < 4.78 is 5.23. The third-order valence-corrected chi connectivity index (χ3v) is 1.88. The molecule has 0 aromatic heterocycles. The monoisotopic (exact) mass is 163 g/mol. The van der Waals surface area contributed by atoms with E-state index in [1.54, 1.807) is 13.0 Å². The maximum absolute atomic E-state index is 11.1. The number of ketones is 1. The van der Waals surface area contributed by atoms with Crippen molar-refractivity contribution in [2.24, 2.45) is 0 Å². The van der Waals surface area contributed by atoms with Crippen molar-refractivity contribution >= 4 is 11.5 Å². The SMILES string of the molecule is CC(=O)c1cccc2c1NCO2. The fourth-order valence-corrected chi connectivity index (χ4v) is 1.31. The van der Waals surface area contributed by atoms with Gasteiger partial charge in [-0.2, -0.15) is 0 Å². The number of carbonyl (C=O) groups excluding carboxylic acids is 1. The molecule has 0 saturated carbocycles. The third kappa shape index (κ3) is 0.942. The van der Waals surface area contributed by atoms with Crippen molar-refractivity contribution in [1.82, 2.24) is 0 Å². The zero-order valence-electron chi connectivity index (χ0n) is 6.76. The van der Waals surface area contributed by atoms with Gasteiger partial charge in [0.15, 0.2) is 12.5 Å². The summed E-state index contributed by atoms with van der Waals surface area (Å²) in [5, 5.41) is 3.01. The molecule has 1 aromatic rings. The van der Waals surface area contributed by atoms with Gasteiger partial charge in [-0.1, -0.05) is 6.07 Å². The van der Waals surface area contributed by atoms with Crippen LogP contribution >= 0.6 is 0 Å². The second-order valence-corrected chi connectivity index (χ2v) is 2.70. The van der Waals surface area contributed by atoms with Crippen LogP contribution in [0, 0.1) is 0 Å². The van der Waals surface area contributed by atoms with E-state index >= 15 is 0 Å². The highest BCUT2D eigenvalue weighted by atomic mass is 16.5. The van der Waals surface area contributed by atoms with E-state index in [1.807, 2.05) is 12.1 Å². The van der Waals surface area contributed by atoms with Gasteiger partial charge in [0, 0.05) is 5.56 Å². The highest BCUT2D eigenvalue weighted by Crippen LogP contribution is 2.32. The Morgan fingerprint density at radius 3 is 3.17 bits per heavy atom. The quantitative estimate of drug-likeness (QED) is 0.640. The first-order valence-corrected chi connectivity index (χ1v) is 3.79. The third-order valence-electron chi connectivity index (χ3n) is 1.88. The fraction of sp³-hybridized carbons (Fsp3) is 0.222. The molecule has 12 heavy (non-hydrogen) atoms. The van der Waals surface area contributed by atoms with E-state index in [2.05, 4.69) is 5.32 Å². The molecular formula is C9H9NO2. The lowest BCUT2D eigenvalue weighted by Gasteiger charge is -2.01. The molecule has 3 heteroatoms. The number of para-hydroxylation sites is 1. The average molecular weight is 163 g/mol. The molecule has 0 spiro atoms. The van der Waals surface area contributed by atoms with Gasteiger partial charge in [0.25, 0.3) is 0 Å². The maximum atomic E-state index is 11.1. The number of anilines is 1. The van der Waals surface area contributed by atoms with Crippen molar-refractivity contribution in [2.45, 2.75) is 6.92 Å². The molecule has 1 N–H and O–H groups in total. The zero-order chi connectivity index (χ0) is 8.55. The average Bonchev–Trinajstić information content (AvgIpc) is 2.49. The Morgan fingerprint density at radius 2 is 2.42 bits per heavy atom. The molecule has 3 nitrogen and oxygen atoms in total. The number of rotatable bonds is 1. The molecule has 0 bridgehead atoms. The lowest BCUT2D eigenvalue weighted by Crippen LogP contribution is -2.00.